The Morgan fingerprint density at radius 2 is 1.96 bits per heavy atom. The Balaban J connectivity index is 1.77. The molecule has 0 bridgehead atoms. The number of rotatable bonds is 3. The van der Waals surface area contributed by atoms with Gasteiger partial charge in [0, 0.05) is 24.3 Å². The minimum absolute atomic E-state index is 0.132. The largest absolute Gasteiger partial charge is 0.497 e. The van der Waals surface area contributed by atoms with Crippen molar-refractivity contribution in [3.63, 3.8) is 0 Å². The minimum Gasteiger partial charge on any atom is -0.497 e. The third-order valence-electron chi connectivity index (χ3n) is 4.70. The first-order chi connectivity index (χ1) is 13.1. The molecule has 4 rings (SSSR count). The predicted octanol–water partition coefficient (Wildman–Crippen LogP) is 4.59. The minimum atomic E-state index is -0.284. The lowest BCUT2D eigenvalue weighted by molar-refractivity contribution is -0.130. The molecule has 136 valence electrons. The molecular formula is C21H18ClN3O2. The second-order valence-electron chi connectivity index (χ2n) is 6.42. The van der Waals surface area contributed by atoms with Crippen LogP contribution in [0.2, 0.25) is 5.15 Å². The number of carbonyl (C=O) groups is 1. The smallest absolute Gasteiger partial charge is 0.240 e. The third-order valence-corrected chi connectivity index (χ3v) is 5.00. The molecule has 1 aliphatic rings. The quantitative estimate of drug-likeness (QED) is 0.625. The molecule has 6 heteroatoms. The number of fused-ring (bicyclic) bond motifs is 1. The number of nitrogens with zero attached hydrogens (tertiary/aromatic N) is 3. The van der Waals surface area contributed by atoms with Crippen LogP contribution in [-0.2, 0) is 4.79 Å². The summed E-state index contributed by atoms with van der Waals surface area (Å²) in [5, 5.41) is 7.35. The molecule has 0 saturated carbocycles. The van der Waals surface area contributed by atoms with E-state index < -0.39 is 0 Å². The van der Waals surface area contributed by atoms with Gasteiger partial charge in [-0.05, 0) is 29.8 Å². The zero-order valence-electron chi connectivity index (χ0n) is 15.0. The van der Waals surface area contributed by atoms with Crippen LogP contribution in [0.5, 0.6) is 5.75 Å². The van der Waals surface area contributed by atoms with E-state index in [4.69, 9.17) is 16.3 Å². The van der Waals surface area contributed by atoms with Gasteiger partial charge < -0.3 is 4.74 Å². The number of hydrogen-bond acceptors (Lipinski definition) is 4. The van der Waals surface area contributed by atoms with Crippen LogP contribution >= 0.6 is 11.6 Å². The maximum absolute atomic E-state index is 12.2. The lowest BCUT2D eigenvalue weighted by Gasteiger charge is -2.21. The molecule has 1 unspecified atom stereocenters. The van der Waals surface area contributed by atoms with Crippen LogP contribution in [0.3, 0.4) is 0 Å². The van der Waals surface area contributed by atoms with Gasteiger partial charge in [-0.1, -0.05) is 41.9 Å². The number of amides is 1. The molecule has 5 nitrogen and oxygen atoms in total. The Kier molecular flexibility index (Phi) is 4.54. The Morgan fingerprint density at radius 1 is 1.19 bits per heavy atom. The molecule has 0 saturated heterocycles. The van der Waals surface area contributed by atoms with Crippen LogP contribution in [0.1, 0.15) is 30.5 Å². The lowest BCUT2D eigenvalue weighted by atomic mass is 9.98. The number of pyridine rings is 1. The van der Waals surface area contributed by atoms with Crippen LogP contribution in [0.15, 0.2) is 59.7 Å². The van der Waals surface area contributed by atoms with Crippen molar-refractivity contribution in [2.75, 3.05) is 7.11 Å². The fourth-order valence-electron chi connectivity index (χ4n) is 3.36. The molecule has 1 amide bonds. The Hall–Kier alpha value is -2.92. The predicted molar refractivity (Wildman–Crippen MR) is 106 cm³/mol. The molecular weight excluding hydrogens is 362 g/mol. The van der Waals surface area contributed by atoms with E-state index in [0.717, 1.165) is 33.5 Å². The van der Waals surface area contributed by atoms with E-state index in [1.807, 2.05) is 54.6 Å². The highest BCUT2D eigenvalue weighted by Crippen LogP contribution is 2.37. The van der Waals surface area contributed by atoms with Crippen molar-refractivity contribution in [2.24, 2.45) is 5.10 Å². The molecule has 1 aliphatic heterocycles. The summed E-state index contributed by atoms with van der Waals surface area (Å²) in [5.41, 5.74) is 3.42. The van der Waals surface area contributed by atoms with Gasteiger partial charge in [0.05, 0.1) is 24.4 Å². The Bertz CT molecular complexity index is 1050. The average molecular weight is 380 g/mol. The van der Waals surface area contributed by atoms with E-state index >= 15 is 0 Å². The number of benzene rings is 2. The monoisotopic (exact) mass is 379 g/mol. The van der Waals surface area contributed by atoms with E-state index in [9.17, 15) is 4.79 Å². The average Bonchev–Trinajstić information content (AvgIpc) is 3.13. The maximum Gasteiger partial charge on any atom is 0.240 e. The standard InChI is InChI=1S/C21H18ClN3O2/c1-13(26)25-20(12-19(24-25)14-6-4-3-5-7-14)17-11-15-10-16(27-2)8-9-18(15)23-21(17)22/h3-11,20H,12H2,1-2H3. The molecule has 0 radical (unpaired) electrons. The first-order valence-electron chi connectivity index (χ1n) is 8.63. The molecule has 2 aromatic carbocycles. The van der Waals surface area contributed by atoms with E-state index in [1.54, 1.807) is 7.11 Å². The molecule has 2 heterocycles. The molecule has 1 aromatic heterocycles. The summed E-state index contributed by atoms with van der Waals surface area (Å²) in [6.45, 7) is 1.51. The third kappa shape index (κ3) is 3.26. The fraction of sp³-hybridized carbons (Fsp3) is 0.190. The summed E-state index contributed by atoms with van der Waals surface area (Å²) < 4.78 is 5.30. The summed E-state index contributed by atoms with van der Waals surface area (Å²) in [6, 6.07) is 17.2. The van der Waals surface area contributed by atoms with Gasteiger partial charge >= 0.3 is 0 Å². The number of hydrazone groups is 1. The number of methoxy groups -OCH3 is 1. The van der Waals surface area contributed by atoms with Crippen molar-refractivity contribution in [3.05, 3.63) is 70.9 Å². The molecule has 0 N–H and O–H groups in total. The zero-order valence-corrected chi connectivity index (χ0v) is 15.8. The van der Waals surface area contributed by atoms with Gasteiger partial charge in [0.2, 0.25) is 5.91 Å². The van der Waals surface area contributed by atoms with Gasteiger partial charge in [-0.3, -0.25) is 4.79 Å². The molecule has 3 aromatic rings. The van der Waals surface area contributed by atoms with Crippen LogP contribution in [0.4, 0.5) is 0 Å². The first-order valence-corrected chi connectivity index (χ1v) is 9.01. The number of halogens is 1. The fourth-order valence-corrected chi connectivity index (χ4v) is 3.63. The van der Waals surface area contributed by atoms with Crippen LogP contribution in [0.25, 0.3) is 10.9 Å². The van der Waals surface area contributed by atoms with Crippen molar-refractivity contribution in [2.45, 2.75) is 19.4 Å². The molecule has 0 spiro atoms. The van der Waals surface area contributed by atoms with Crippen molar-refractivity contribution < 1.29 is 9.53 Å². The number of aromatic nitrogens is 1. The summed E-state index contributed by atoms with van der Waals surface area (Å²) in [6.07, 6.45) is 0.584. The summed E-state index contributed by atoms with van der Waals surface area (Å²) in [4.78, 5) is 16.7. The Labute approximate surface area is 162 Å². The van der Waals surface area contributed by atoms with Crippen LogP contribution < -0.4 is 4.74 Å². The molecule has 1 atom stereocenters. The number of hydrogen-bond donors (Lipinski definition) is 0. The lowest BCUT2D eigenvalue weighted by Crippen LogP contribution is -2.24. The molecule has 0 aliphatic carbocycles. The van der Waals surface area contributed by atoms with Gasteiger partial charge in [-0.2, -0.15) is 5.10 Å². The van der Waals surface area contributed by atoms with Gasteiger partial charge in [0.1, 0.15) is 10.9 Å². The molecule has 0 fully saturated rings. The summed E-state index contributed by atoms with van der Waals surface area (Å²) in [7, 11) is 1.62. The topological polar surface area (TPSA) is 54.8 Å². The van der Waals surface area contributed by atoms with E-state index in [1.165, 1.54) is 11.9 Å². The van der Waals surface area contributed by atoms with Crippen molar-refractivity contribution in [3.8, 4) is 5.75 Å². The molecule has 27 heavy (non-hydrogen) atoms. The normalized spacial score (nSPS) is 16.5. The van der Waals surface area contributed by atoms with Crippen LogP contribution in [-0.4, -0.2) is 28.7 Å². The van der Waals surface area contributed by atoms with Gasteiger partial charge in [0.15, 0.2) is 0 Å². The van der Waals surface area contributed by atoms with Crippen LogP contribution in [0, 0.1) is 0 Å². The first kappa shape index (κ1) is 17.5. The van der Waals surface area contributed by atoms with Gasteiger partial charge in [0.25, 0.3) is 0 Å². The van der Waals surface area contributed by atoms with E-state index in [-0.39, 0.29) is 11.9 Å². The van der Waals surface area contributed by atoms with E-state index in [0.29, 0.717) is 11.6 Å². The number of carbonyl (C=O) groups excluding carboxylic acids is 1. The Morgan fingerprint density at radius 3 is 2.67 bits per heavy atom. The number of ether oxygens (including phenoxy) is 1. The summed E-state index contributed by atoms with van der Waals surface area (Å²) in [5.74, 6) is 0.612. The second-order valence-corrected chi connectivity index (χ2v) is 6.78. The zero-order chi connectivity index (χ0) is 19.0. The maximum atomic E-state index is 12.2. The highest BCUT2D eigenvalue weighted by atomic mass is 35.5. The van der Waals surface area contributed by atoms with Gasteiger partial charge in [-0.25, -0.2) is 9.99 Å². The van der Waals surface area contributed by atoms with E-state index in [2.05, 4.69) is 10.1 Å². The highest BCUT2D eigenvalue weighted by molar-refractivity contribution is 6.30. The second kappa shape index (κ2) is 7.00. The van der Waals surface area contributed by atoms with Crippen molar-refractivity contribution in [1.29, 1.82) is 0 Å². The van der Waals surface area contributed by atoms with Gasteiger partial charge in [-0.15, -0.1) is 0 Å². The van der Waals surface area contributed by atoms with Crippen molar-refractivity contribution in [1.82, 2.24) is 9.99 Å². The highest BCUT2D eigenvalue weighted by Gasteiger charge is 2.33. The SMILES string of the molecule is COc1ccc2nc(Cl)c(C3CC(c4ccccc4)=NN3C(C)=O)cc2c1. The summed E-state index contributed by atoms with van der Waals surface area (Å²) >= 11 is 6.49. The van der Waals surface area contributed by atoms with Crippen molar-refractivity contribution >= 4 is 34.1 Å².